The summed E-state index contributed by atoms with van der Waals surface area (Å²) in [6, 6.07) is 0. The van der Waals surface area contributed by atoms with Gasteiger partial charge in [0.2, 0.25) is 0 Å². The number of carboxylic acid groups (broad SMARTS) is 2. The van der Waals surface area contributed by atoms with Crippen molar-refractivity contribution in [3.05, 3.63) is 15.6 Å². The predicted octanol–water partition coefficient (Wildman–Crippen LogP) is 1.01. The quantitative estimate of drug-likeness (QED) is 0.862. The summed E-state index contributed by atoms with van der Waals surface area (Å²) < 4.78 is 0. The first-order chi connectivity index (χ1) is 9.81. The van der Waals surface area contributed by atoms with Crippen LogP contribution in [0.1, 0.15) is 26.8 Å². The summed E-state index contributed by atoms with van der Waals surface area (Å²) in [4.78, 5) is 40.9. The van der Waals surface area contributed by atoms with Crippen LogP contribution >= 0.6 is 11.3 Å². The Hall–Kier alpha value is -1.96. The van der Waals surface area contributed by atoms with E-state index in [0.717, 1.165) is 5.01 Å². The van der Waals surface area contributed by atoms with Gasteiger partial charge in [0.25, 0.3) is 5.91 Å². The molecular weight excluding hydrogens is 296 g/mol. The summed E-state index contributed by atoms with van der Waals surface area (Å²) in [7, 11) is 0. The Kier molecular flexibility index (Phi) is 4.26. The van der Waals surface area contributed by atoms with Gasteiger partial charge in [0, 0.05) is 13.1 Å². The first kappa shape index (κ1) is 15.4. The van der Waals surface area contributed by atoms with Gasteiger partial charge in [-0.05, 0) is 20.3 Å². The minimum Gasteiger partial charge on any atom is -0.481 e. The zero-order chi connectivity index (χ0) is 15.7. The van der Waals surface area contributed by atoms with Gasteiger partial charge in [-0.25, -0.2) is 4.98 Å². The van der Waals surface area contributed by atoms with Crippen LogP contribution in [0.25, 0.3) is 0 Å². The molecule has 1 fully saturated rings. The van der Waals surface area contributed by atoms with Gasteiger partial charge in [0.15, 0.2) is 0 Å². The second-order valence-electron chi connectivity index (χ2n) is 5.08. The maximum Gasteiger partial charge on any atom is 0.309 e. The molecule has 1 amide bonds. The minimum absolute atomic E-state index is 0.0818. The van der Waals surface area contributed by atoms with Crippen molar-refractivity contribution in [2.24, 2.45) is 11.8 Å². The SMILES string of the molecule is Cc1nc(C)c(C(=O)N2CCC(C(=O)O)C(C(=O)O)C2)s1. The molecule has 0 aromatic carbocycles. The molecule has 2 unspecified atom stereocenters. The maximum atomic E-state index is 12.4. The van der Waals surface area contributed by atoms with Crippen LogP contribution in [-0.4, -0.2) is 51.0 Å². The Morgan fingerprint density at radius 2 is 1.81 bits per heavy atom. The highest BCUT2D eigenvalue weighted by molar-refractivity contribution is 7.13. The van der Waals surface area contributed by atoms with E-state index < -0.39 is 23.8 Å². The molecule has 2 atom stereocenters. The summed E-state index contributed by atoms with van der Waals surface area (Å²) >= 11 is 1.27. The van der Waals surface area contributed by atoms with E-state index >= 15 is 0 Å². The molecule has 2 rings (SSSR count). The Bertz CT molecular complexity index is 597. The van der Waals surface area contributed by atoms with Gasteiger partial charge < -0.3 is 15.1 Å². The molecule has 1 aromatic rings. The van der Waals surface area contributed by atoms with E-state index in [2.05, 4.69) is 4.98 Å². The molecule has 0 spiro atoms. The molecule has 0 saturated carbocycles. The largest absolute Gasteiger partial charge is 0.481 e. The van der Waals surface area contributed by atoms with Crippen LogP contribution in [0.15, 0.2) is 0 Å². The topological polar surface area (TPSA) is 108 Å². The Labute approximate surface area is 125 Å². The zero-order valence-electron chi connectivity index (χ0n) is 11.7. The normalized spacial score (nSPS) is 22.1. The van der Waals surface area contributed by atoms with Crippen LogP contribution in [0.2, 0.25) is 0 Å². The van der Waals surface area contributed by atoms with Gasteiger partial charge >= 0.3 is 11.9 Å². The maximum absolute atomic E-state index is 12.4. The second kappa shape index (κ2) is 5.80. The second-order valence-corrected chi connectivity index (χ2v) is 6.28. The van der Waals surface area contributed by atoms with Gasteiger partial charge in [0.1, 0.15) is 4.88 Å². The lowest BCUT2D eigenvalue weighted by Gasteiger charge is -2.34. The molecule has 7 nitrogen and oxygen atoms in total. The van der Waals surface area contributed by atoms with Crippen molar-refractivity contribution in [1.82, 2.24) is 9.88 Å². The third kappa shape index (κ3) is 3.05. The predicted molar refractivity (Wildman–Crippen MR) is 74.4 cm³/mol. The van der Waals surface area contributed by atoms with Crippen LogP contribution in [0.3, 0.4) is 0 Å². The average molecular weight is 312 g/mol. The van der Waals surface area contributed by atoms with Crippen molar-refractivity contribution >= 4 is 29.2 Å². The first-order valence-electron chi connectivity index (χ1n) is 6.50. The summed E-state index contributed by atoms with van der Waals surface area (Å²) in [6.45, 7) is 3.69. The number of carbonyl (C=O) groups excluding carboxylic acids is 1. The summed E-state index contributed by atoms with van der Waals surface area (Å²) in [5.74, 6) is -4.60. The molecule has 1 aliphatic rings. The number of hydrogen-bond donors (Lipinski definition) is 2. The van der Waals surface area contributed by atoms with Crippen LogP contribution in [0, 0.1) is 25.7 Å². The molecule has 21 heavy (non-hydrogen) atoms. The van der Waals surface area contributed by atoms with Gasteiger partial charge in [-0.2, -0.15) is 0 Å². The fraction of sp³-hybridized carbons (Fsp3) is 0.538. The van der Waals surface area contributed by atoms with Crippen molar-refractivity contribution in [2.45, 2.75) is 20.3 Å². The number of amides is 1. The van der Waals surface area contributed by atoms with E-state index in [-0.39, 0.29) is 25.4 Å². The number of carbonyl (C=O) groups is 3. The van der Waals surface area contributed by atoms with Gasteiger partial charge in [-0.1, -0.05) is 0 Å². The average Bonchev–Trinajstić information content (AvgIpc) is 2.76. The van der Waals surface area contributed by atoms with Crippen molar-refractivity contribution in [2.75, 3.05) is 13.1 Å². The van der Waals surface area contributed by atoms with Crippen LogP contribution in [0.4, 0.5) is 0 Å². The number of rotatable bonds is 3. The molecule has 1 aromatic heterocycles. The number of nitrogens with zero attached hydrogens (tertiary/aromatic N) is 2. The molecule has 114 valence electrons. The smallest absolute Gasteiger partial charge is 0.309 e. The number of piperidine rings is 1. The van der Waals surface area contributed by atoms with E-state index in [4.69, 9.17) is 5.11 Å². The van der Waals surface area contributed by atoms with Crippen molar-refractivity contribution in [1.29, 1.82) is 0 Å². The number of aromatic nitrogens is 1. The first-order valence-corrected chi connectivity index (χ1v) is 7.31. The highest BCUT2D eigenvalue weighted by atomic mass is 32.1. The number of aliphatic carboxylic acids is 2. The van der Waals surface area contributed by atoms with Crippen LogP contribution < -0.4 is 0 Å². The fourth-order valence-corrected chi connectivity index (χ4v) is 3.44. The lowest BCUT2D eigenvalue weighted by Crippen LogP contribution is -2.48. The Balaban J connectivity index is 2.19. The molecule has 2 heterocycles. The van der Waals surface area contributed by atoms with Gasteiger partial charge in [0.05, 0.1) is 22.5 Å². The molecule has 0 radical (unpaired) electrons. The Morgan fingerprint density at radius 3 is 2.29 bits per heavy atom. The number of hydrogen-bond acceptors (Lipinski definition) is 5. The standard InChI is InChI=1S/C13H16N2O5S/c1-6-10(21-7(2)14-6)11(16)15-4-3-8(12(17)18)9(5-15)13(19)20/h8-9H,3-5H2,1-2H3,(H,17,18)(H,19,20). The van der Waals surface area contributed by atoms with E-state index in [9.17, 15) is 19.5 Å². The highest BCUT2D eigenvalue weighted by Gasteiger charge is 2.40. The summed E-state index contributed by atoms with van der Waals surface area (Å²) in [5, 5.41) is 19.0. The molecular formula is C13H16N2O5S. The van der Waals surface area contributed by atoms with E-state index in [1.54, 1.807) is 13.8 Å². The monoisotopic (exact) mass is 312 g/mol. The van der Waals surface area contributed by atoms with Crippen LogP contribution in [-0.2, 0) is 9.59 Å². The third-order valence-corrected chi connectivity index (χ3v) is 4.69. The molecule has 0 bridgehead atoms. The number of thiazole rings is 1. The molecule has 8 heteroatoms. The lowest BCUT2D eigenvalue weighted by molar-refractivity contribution is -0.156. The third-order valence-electron chi connectivity index (χ3n) is 3.63. The molecule has 0 aliphatic carbocycles. The van der Waals surface area contributed by atoms with Crippen molar-refractivity contribution in [3.8, 4) is 0 Å². The van der Waals surface area contributed by atoms with E-state index in [1.807, 2.05) is 0 Å². The zero-order valence-corrected chi connectivity index (χ0v) is 12.5. The summed E-state index contributed by atoms with van der Waals surface area (Å²) in [6.07, 6.45) is 0.148. The van der Waals surface area contributed by atoms with Gasteiger partial charge in [-0.15, -0.1) is 11.3 Å². The summed E-state index contributed by atoms with van der Waals surface area (Å²) in [5.41, 5.74) is 0.620. The number of aryl methyl sites for hydroxylation is 2. The van der Waals surface area contributed by atoms with Crippen molar-refractivity contribution in [3.63, 3.8) is 0 Å². The van der Waals surface area contributed by atoms with Gasteiger partial charge in [-0.3, -0.25) is 14.4 Å². The highest BCUT2D eigenvalue weighted by Crippen LogP contribution is 2.27. The minimum atomic E-state index is -1.18. The Morgan fingerprint density at radius 1 is 1.19 bits per heavy atom. The molecule has 1 saturated heterocycles. The van der Waals surface area contributed by atoms with E-state index in [0.29, 0.717) is 10.6 Å². The molecule has 2 N–H and O–H groups in total. The number of likely N-dealkylation sites (tertiary alicyclic amines) is 1. The lowest BCUT2D eigenvalue weighted by atomic mass is 9.85. The molecule has 1 aliphatic heterocycles. The van der Waals surface area contributed by atoms with E-state index in [1.165, 1.54) is 16.2 Å². The fourth-order valence-electron chi connectivity index (χ4n) is 2.56. The number of carboxylic acids is 2. The van der Waals surface area contributed by atoms with Crippen molar-refractivity contribution < 1.29 is 24.6 Å². The van der Waals surface area contributed by atoms with Crippen LogP contribution in [0.5, 0.6) is 0 Å².